The molecule has 2 fully saturated rings. The number of aliphatic hydroxyl groups excluding tert-OH is 1. The number of esters is 1. The predicted molar refractivity (Wildman–Crippen MR) is 107 cm³/mol. The summed E-state index contributed by atoms with van der Waals surface area (Å²) in [5.74, 6) is -2.65. The Hall–Kier alpha value is -2.19. The summed E-state index contributed by atoms with van der Waals surface area (Å²) in [4.78, 5) is 43.6. The molecule has 4 heterocycles. The lowest BCUT2D eigenvalue weighted by Crippen LogP contribution is -2.57. The second-order valence-corrected chi connectivity index (χ2v) is 8.95. The maximum absolute atomic E-state index is 13.7. The molecule has 0 aromatic heterocycles. The van der Waals surface area contributed by atoms with Crippen LogP contribution >= 0.6 is 0 Å². The third-order valence-corrected chi connectivity index (χ3v) is 6.73. The Morgan fingerprint density at radius 2 is 1.93 bits per heavy atom. The molecule has 0 radical (unpaired) electrons. The number of hydrogen-bond acceptors (Lipinski definition) is 6. The highest BCUT2D eigenvalue weighted by molar-refractivity contribution is 5.99. The number of likely N-dealkylation sites (tertiary alicyclic amines) is 1. The quantitative estimate of drug-likeness (QED) is 0.532. The molecular weight excluding hydrogens is 388 g/mol. The summed E-state index contributed by atoms with van der Waals surface area (Å²) in [7, 11) is 0. The van der Waals surface area contributed by atoms with E-state index in [1.165, 1.54) is 4.90 Å². The van der Waals surface area contributed by atoms with Gasteiger partial charge in [0.1, 0.15) is 17.6 Å². The fourth-order valence-electron chi connectivity index (χ4n) is 5.45. The molecule has 164 valence electrons. The van der Waals surface area contributed by atoms with Gasteiger partial charge in [-0.3, -0.25) is 14.4 Å². The Morgan fingerprint density at radius 3 is 2.63 bits per heavy atom. The minimum atomic E-state index is -1.25. The highest BCUT2D eigenvalue weighted by Gasteiger charge is 2.74. The number of fused-ring (bicyclic) bond motifs is 2. The zero-order valence-electron chi connectivity index (χ0n) is 17.7. The van der Waals surface area contributed by atoms with Crippen LogP contribution in [0.2, 0.25) is 0 Å². The van der Waals surface area contributed by atoms with E-state index in [1.807, 2.05) is 38.2 Å². The van der Waals surface area contributed by atoms with Crippen molar-refractivity contribution in [2.75, 3.05) is 26.3 Å². The number of carbonyl (C=O) groups excluding carboxylic acids is 3. The van der Waals surface area contributed by atoms with Crippen molar-refractivity contribution in [1.82, 2.24) is 9.80 Å². The second kappa shape index (κ2) is 7.50. The highest BCUT2D eigenvalue weighted by Crippen LogP contribution is 2.57. The van der Waals surface area contributed by atoms with E-state index in [-0.39, 0.29) is 37.6 Å². The van der Waals surface area contributed by atoms with Crippen molar-refractivity contribution in [1.29, 1.82) is 0 Å². The van der Waals surface area contributed by atoms with E-state index in [4.69, 9.17) is 9.47 Å². The van der Waals surface area contributed by atoms with Gasteiger partial charge in [0.05, 0.1) is 18.1 Å². The number of amides is 2. The summed E-state index contributed by atoms with van der Waals surface area (Å²) in [6.45, 7) is 6.44. The molecule has 1 N–H and O–H groups in total. The lowest BCUT2D eigenvalue weighted by Gasteiger charge is -2.38. The van der Waals surface area contributed by atoms with E-state index >= 15 is 0 Å². The molecule has 0 aromatic carbocycles. The Balaban J connectivity index is 1.87. The molecule has 5 atom stereocenters. The van der Waals surface area contributed by atoms with Gasteiger partial charge < -0.3 is 24.4 Å². The summed E-state index contributed by atoms with van der Waals surface area (Å²) < 4.78 is 12.0. The number of rotatable bonds is 4. The Morgan fingerprint density at radius 1 is 1.17 bits per heavy atom. The van der Waals surface area contributed by atoms with Crippen LogP contribution in [-0.2, 0) is 23.9 Å². The van der Waals surface area contributed by atoms with Crippen LogP contribution in [0.3, 0.4) is 0 Å². The SMILES string of the molecule is CC(C)N1CC=C[C@]23O[C@]4(C)C=CCCOC(=O)[C@@H]4[C@H]2C(=O)N(CCCO)C3C1=O. The molecule has 0 saturated carbocycles. The van der Waals surface area contributed by atoms with Crippen molar-refractivity contribution in [2.24, 2.45) is 11.8 Å². The fourth-order valence-corrected chi connectivity index (χ4v) is 5.45. The van der Waals surface area contributed by atoms with Gasteiger partial charge in [-0.2, -0.15) is 0 Å². The van der Waals surface area contributed by atoms with Gasteiger partial charge in [-0.15, -0.1) is 0 Å². The van der Waals surface area contributed by atoms with Gasteiger partial charge >= 0.3 is 5.97 Å². The lowest BCUT2D eigenvalue weighted by atomic mass is 9.74. The topological polar surface area (TPSA) is 96.4 Å². The zero-order valence-corrected chi connectivity index (χ0v) is 17.7. The van der Waals surface area contributed by atoms with Crippen molar-refractivity contribution < 1.29 is 29.0 Å². The summed E-state index contributed by atoms with van der Waals surface area (Å²) >= 11 is 0. The first-order valence-corrected chi connectivity index (χ1v) is 10.7. The molecule has 8 nitrogen and oxygen atoms in total. The Labute approximate surface area is 176 Å². The molecule has 1 spiro atoms. The molecule has 4 aliphatic heterocycles. The highest BCUT2D eigenvalue weighted by atomic mass is 16.6. The van der Waals surface area contributed by atoms with Gasteiger partial charge in [-0.1, -0.05) is 24.3 Å². The Kier molecular flexibility index (Phi) is 5.26. The maximum atomic E-state index is 13.7. The minimum absolute atomic E-state index is 0.0540. The average molecular weight is 418 g/mol. The van der Waals surface area contributed by atoms with Crippen LogP contribution in [0.15, 0.2) is 24.3 Å². The van der Waals surface area contributed by atoms with Gasteiger partial charge in [0.2, 0.25) is 11.8 Å². The second-order valence-electron chi connectivity index (χ2n) is 8.95. The summed E-state index contributed by atoms with van der Waals surface area (Å²) in [6, 6.07) is -0.935. The summed E-state index contributed by atoms with van der Waals surface area (Å²) in [5, 5.41) is 9.35. The zero-order chi connectivity index (χ0) is 21.7. The van der Waals surface area contributed by atoms with E-state index in [2.05, 4.69) is 0 Å². The van der Waals surface area contributed by atoms with Crippen molar-refractivity contribution in [2.45, 2.75) is 56.9 Å². The van der Waals surface area contributed by atoms with E-state index in [9.17, 15) is 19.5 Å². The smallest absolute Gasteiger partial charge is 0.313 e. The van der Waals surface area contributed by atoms with E-state index in [0.717, 1.165) is 0 Å². The molecule has 2 saturated heterocycles. The van der Waals surface area contributed by atoms with Gasteiger partial charge in [0.25, 0.3) is 0 Å². The van der Waals surface area contributed by atoms with E-state index < -0.39 is 35.0 Å². The van der Waals surface area contributed by atoms with Crippen molar-refractivity contribution in [3.8, 4) is 0 Å². The molecule has 0 bridgehead atoms. The first-order valence-electron chi connectivity index (χ1n) is 10.7. The number of aliphatic hydroxyl groups is 1. The molecule has 0 aliphatic carbocycles. The van der Waals surface area contributed by atoms with Gasteiger partial charge in [0.15, 0.2) is 0 Å². The molecule has 4 rings (SSSR count). The molecule has 4 aliphatic rings. The van der Waals surface area contributed by atoms with Crippen molar-refractivity contribution in [3.63, 3.8) is 0 Å². The number of carbonyl (C=O) groups is 3. The van der Waals surface area contributed by atoms with Crippen LogP contribution in [0.5, 0.6) is 0 Å². The van der Waals surface area contributed by atoms with Crippen molar-refractivity contribution in [3.05, 3.63) is 24.3 Å². The van der Waals surface area contributed by atoms with Crippen LogP contribution in [0.4, 0.5) is 0 Å². The average Bonchev–Trinajstić information content (AvgIpc) is 2.99. The van der Waals surface area contributed by atoms with Crippen LogP contribution in [0, 0.1) is 11.8 Å². The van der Waals surface area contributed by atoms with E-state index in [1.54, 1.807) is 11.8 Å². The maximum Gasteiger partial charge on any atom is 0.313 e. The molecule has 0 aromatic rings. The normalized spacial score (nSPS) is 38.2. The molecule has 1 unspecified atom stereocenters. The number of ether oxygens (including phenoxy) is 2. The first-order chi connectivity index (χ1) is 14.3. The van der Waals surface area contributed by atoms with Gasteiger partial charge in [0, 0.05) is 25.7 Å². The molecule has 30 heavy (non-hydrogen) atoms. The Bertz CT molecular complexity index is 807. The van der Waals surface area contributed by atoms with E-state index in [0.29, 0.717) is 19.4 Å². The lowest BCUT2D eigenvalue weighted by molar-refractivity contribution is -0.160. The third kappa shape index (κ3) is 2.92. The largest absolute Gasteiger partial charge is 0.465 e. The van der Waals surface area contributed by atoms with Gasteiger partial charge in [-0.25, -0.2) is 0 Å². The summed E-state index contributed by atoms with van der Waals surface area (Å²) in [5.41, 5.74) is -2.29. The van der Waals surface area contributed by atoms with Gasteiger partial charge in [-0.05, 0) is 33.6 Å². The fraction of sp³-hybridized carbons (Fsp3) is 0.682. The minimum Gasteiger partial charge on any atom is -0.465 e. The number of cyclic esters (lactones) is 1. The van der Waals surface area contributed by atoms with Crippen LogP contribution < -0.4 is 0 Å². The summed E-state index contributed by atoms with van der Waals surface area (Å²) in [6.07, 6.45) is 8.35. The monoisotopic (exact) mass is 418 g/mol. The predicted octanol–water partition coefficient (Wildman–Crippen LogP) is 0.650. The number of hydrogen-bond donors (Lipinski definition) is 1. The molecule has 2 amide bonds. The standard InChI is InChI=1S/C22H30N2O6/c1-14(2)23-10-6-9-22-15(18(26)24(11-7-12-25)17(22)19(23)27)16-20(28)29-13-5-4-8-21(16,3)30-22/h4,6,8-9,14-17,25H,5,7,10-13H2,1-3H3/t15-,16-,17?,21+,22-/m0/s1. The van der Waals surface area contributed by atoms with Crippen LogP contribution in [0.25, 0.3) is 0 Å². The van der Waals surface area contributed by atoms with Crippen molar-refractivity contribution >= 4 is 17.8 Å². The third-order valence-electron chi connectivity index (χ3n) is 6.73. The first kappa shape index (κ1) is 21.1. The number of nitrogens with zero attached hydrogens (tertiary/aromatic N) is 2. The molecule has 8 heteroatoms. The molecular formula is C22H30N2O6. The van der Waals surface area contributed by atoms with Crippen LogP contribution in [0.1, 0.15) is 33.6 Å². The van der Waals surface area contributed by atoms with Crippen LogP contribution in [-0.4, -0.2) is 82.3 Å².